The van der Waals surface area contributed by atoms with Gasteiger partial charge in [0.15, 0.2) is 0 Å². The summed E-state index contributed by atoms with van der Waals surface area (Å²) in [5.74, 6) is 1.21. The van der Waals surface area contributed by atoms with Crippen molar-refractivity contribution in [2.24, 2.45) is 0 Å². The van der Waals surface area contributed by atoms with Crippen LogP contribution >= 0.6 is 0 Å². The zero-order valence-corrected chi connectivity index (χ0v) is 19.0. The number of furan rings is 1. The second kappa shape index (κ2) is 10.5. The molecule has 4 rings (SSSR count). The minimum Gasteiger partial charge on any atom is -0.491 e. The maximum atomic E-state index is 13.2. The summed E-state index contributed by atoms with van der Waals surface area (Å²) >= 11 is 0. The lowest BCUT2D eigenvalue weighted by Crippen LogP contribution is -2.49. The predicted molar refractivity (Wildman–Crippen MR) is 126 cm³/mol. The summed E-state index contributed by atoms with van der Waals surface area (Å²) in [6, 6.07) is 17.5. The topological polar surface area (TPSA) is 58.0 Å². The zero-order chi connectivity index (χ0) is 23.2. The molecule has 174 valence electrons. The molecule has 2 aromatic carbocycles. The fourth-order valence-electron chi connectivity index (χ4n) is 4.08. The minimum absolute atomic E-state index is 0.0668. The Morgan fingerprint density at radius 1 is 1.03 bits per heavy atom. The monoisotopic (exact) mass is 451 g/mol. The number of hydrogen-bond acceptors (Lipinski definition) is 5. The van der Waals surface area contributed by atoms with Gasteiger partial charge in [-0.3, -0.25) is 9.69 Å². The van der Waals surface area contributed by atoms with Crippen molar-refractivity contribution in [1.82, 2.24) is 10.2 Å². The second-order valence-corrected chi connectivity index (χ2v) is 8.43. The van der Waals surface area contributed by atoms with E-state index in [2.05, 4.69) is 15.1 Å². The number of hydrogen-bond donors (Lipinski definition) is 1. The summed E-state index contributed by atoms with van der Waals surface area (Å²) in [4.78, 5) is 17.3. The number of amides is 1. The molecule has 3 aromatic rings. The Labute approximate surface area is 193 Å². The molecule has 0 spiro atoms. The third-order valence-electron chi connectivity index (χ3n) is 5.76. The van der Waals surface area contributed by atoms with Gasteiger partial charge in [-0.25, -0.2) is 4.39 Å². The van der Waals surface area contributed by atoms with E-state index in [1.807, 2.05) is 50.2 Å². The van der Waals surface area contributed by atoms with E-state index in [0.29, 0.717) is 12.1 Å². The van der Waals surface area contributed by atoms with Gasteiger partial charge in [0.05, 0.1) is 18.4 Å². The van der Waals surface area contributed by atoms with Crippen molar-refractivity contribution < 1.29 is 18.3 Å². The highest BCUT2D eigenvalue weighted by Gasteiger charge is 2.27. The molecule has 6 nitrogen and oxygen atoms in total. The quantitative estimate of drug-likeness (QED) is 0.547. The fourth-order valence-corrected chi connectivity index (χ4v) is 4.08. The van der Waals surface area contributed by atoms with Crippen molar-refractivity contribution in [2.75, 3.05) is 37.6 Å². The molecule has 1 aromatic heterocycles. The second-order valence-electron chi connectivity index (χ2n) is 8.43. The molecule has 1 aliphatic heterocycles. The summed E-state index contributed by atoms with van der Waals surface area (Å²) in [5, 5.41) is 3.06. The van der Waals surface area contributed by atoms with Crippen LogP contribution in [0.4, 0.5) is 10.1 Å². The Kier molecular flexibility index (Phi) is 7.29. The third kappa shape index (κ3) is 5.93. The lowest BCUT2D eigenvalue weighted by atomic mass is 10.1. The Morgan fingerprint density at radius 3 is 2.33 bits per heavy atom. The first-order chi connectivity index (χ1) is 16.0. The molecule has 33 heavy (non-hydrogen) atoms. The van der Waals surface area contributed by atoms with Crippen LogP contribution < -0.4 is 15.0 Å². The van der Waals surface area contributed by atoms with Crippen molar-refractivity contribution in [2.45, 2.75) is 26.0 Å². The minimum atomic E-state index is -0.229. The molecule has 0 bridgehead atoms. The first-order valence-corrected chi connectivity index (χ1v) is 11.3. The highest BCUT2D eigenvalue weighted by atomic mass is 19.1. The zero-order valence-electron chi connectivity index (χ0n) is 19.0. The summed E-state index contributed by atoms with van der Waals surface area (Å²) in [5.41, 5.74) is 1.61. The summed E-state index contributed by atoms with van der Waals surface area (Å²) < 4.78 is 24.6. The van der Waals surface area contributed by atoms with Crippen LogP contribution in [0.2, 0.25) is 0 Å². The lowest BCUT2D eigenvalue weighted by molar-refractivity contribution is 0.0923. The Morgan fingerprint density at radius 2 is 1.73 bits per heavy atom. The number of rotatable bonds is 8. The van der Waals surface area contributed by atoms with Gasteiger partial charge in [0.25, 0.3) is 5.91 Å². The Bertz CT molecular complexity index is 1010. The van der Waals surface area contributed by atoms with E-state index in [0.717, 1.165) is 43.4 Å². The number of carbonyl (C=O) groups excluding carboxylic acids is 1. The van der Waals surface area contributed by atoms with Gasteiger partial charge >= 0.3 is 0 Å². The molecule has 0 aliphatic carbocycles. The van der Waals surface area contributed by atoms with Gasteiger partial charge < -0.3 is 19.4 Å². The number of nitrogens with zero attached hydrogens (tertiary/aromatic N) is 2. The summed E-state index contributed by atoms with van der Waals surface area (Å²) in [7, 11) is 0. The van der Waals surface area contributed by atoms with E-state index in [1.165, 1.54) is 12.1 Å². The smallest absolute Gasteiger partial charge is 0.251 e. The maximum absolute atomic E-state index is 13.2. The van der Waals surface area contributed by atoms with Crippen LogP contribution in [0, 0.1) is 5.82 Å². The Balaban J connectivity index is 1.37. The molecule has 7 heteroatoms. The molecule has 2 heterocycles. The van der Waals surface area contributed by atoms with Crippen molar-refractivity contribution in [3.63, 3.8) is 0 Å². The summed E-state index contributed by atoms with van der Waals surface area (Å²) in [6.07, 6.45) is 1.74. The first-order valence-electron chi connectivity index (χ1n) is 11.3. The van der Waals surface area contributed by atoms with Crippen molar-refractivity contribution in [3.8, 4) is 5.75 Å². The maximum Gasteiger partial charge on any atom is 0.251 e. The largest absolute Gasteiger partial charge is 0.491 e. The molecule has 0 radical (unpaired) electrons. The molecule has 1 saturated heterocycles. The lowest BCUT2D eigenvalue weighted by Gasteiger charge is -2.39. The van der Waals surface area contributed by atoms with Crippen molar-refractivity contribution >= 4 is 11.6 Å². The van der Waals surface area contributed by atoms with Gasteiger partial charge in [-0.1, -0.05) is 0 Å². The van der Waals surface area contributed by atoms with E-state index in [1.54, 1.807) is 18.4 Å². The van der Waals surface area contributed by atoms with E-state index in [9.17, 15) is 9.18 Å². The SMILES string of the molecule is CC(C)Oc1ccc(C(=O)NCC(c2ccco2)N2CCN(c3ccc(F)cc3)CC2)cc1. The van der Waals surface area contributed by atoms with E-state index >= 15 is 0 Å². The van der Waals surface area contributed by atoms with Gasteiger partial charge in [-0.05, 0) is 74.5 Å². The molecule has 1 atom stereocenters. The number of benzene rings is 2. The molecule has 0 saturated carbocycles. The van der Waals surface area contributed by atoms with Gasteiger partial charge in [0.1, 0.15) is 17.3 Å². The normalized spacial score (nSPS) is 15.5. The van der Waals surface area contributed by atoms with Crippen LogP contribution in [0.1, 0.15) is 36.0 Å². The van der Waals surface area contributed by atoms with Crippen molar-refractivity contribution in [1.29, 1.82) is 0 Å². The predicted octanol–water partition coefficient (Wildman–Crippen LogP) is 4.50. The average Bonchev–Trinajstić information content (AvgIpc) is 3.35. The molecule has 1 unspecified atom stereocenters. The van der Waals surface area contributed by atoms with Crippen LogP contribution in [0.5, 0.6) is 5.75 Å². The number of ether oxygens (including phenoxy) is 1. The molecule has 1 fully saturated rings. The number of piperazine rings is 1. The molecule has 1 amide bonds. The average molecular weight is 452 g/mol. The highest BCUT2D eigenvalue weighted by molar-refractivity contribution is 5.94. The molecular weight excluding hydrogens is 421 g/mol. The fraction of sp³-hybridized carbons (Fsp3) is 0.346. The number of nitrogens with one attached hydrogen (secondary N) is 1. The first kappa shape index (κ1) is 22.9. The summed E-state index contributed by atoms with van der Waals surface area (Å²) in [6.45, 7) is 7.61. The van der Waals surface area contributed by atoms with Crippen LogP contribution in [-0.2, 0) is 0 Å². The van der Waals surface area contributed by atoms with E-state index in [4.69, 9.17) is 9.15 Å². The van der Waals surface area contributed by atoms with E-state index in [-0.39, 0.29) is 23.9 Å². The Hall–Kier alpha value is -3.32. The molecular formula is C26H30FN3O3. The number of anilines is 1. The number of carbonyl (C=O) groups is 1. The molecule has 1 N–H and O–H groups in total. The standard InChI is InChI=1S/C26H30FN3O3/c1-19(2)33-23-11-5-20(6-12-23)26(31)28-18-24(25-4-3-17-32-25)30-15-13-29(14-16-30)22-9-7-21(27)8-10-22/h3-12,17,19,24H,13-16,18H2,1-2H3,(H,28,31). The molecule has 1 aliphatic rings. The van der Waals surface area contributed by atoms with Crippen LogP contribution in [0.15, 0.2) is 71.3 Å². The van der Waals surface area contributed by atoms with Crippen LogP contribution in [0.3, 0.4) is 0 Å². The van der Waals surface area contributed by atoms with Gasteiger partial charge in [0, 0.05) is 44.0 Å². The van der Waals surface area contributed by atoms with Crippen molar-refractivity contribution in [3.05, 3.63) is 84.1 Å². The van der Waals surface area contributed by atoms with Crippen LogP contribution in [0.25, 0.3) is 0 Å². The third-order valence-corrected chi connectivity index (χ3v) is 5.76. The van der Waals surface area contributed by atoms with E-state index < -0.39 is 0 Å². The van der Waals surface area contributed by atoms with Gasteiger partial charge in [-0.15, -0.1) is 0 Å². The van der Waals surface area contributed by atoms with Crippen LogP contribution in [-0.4, -0.2) is 49.6 Å². The van der Waals surface area contributed by atoms with Gasteiger partial charge in [-0.2, -0.15) is 0 Å². The highest BCUT2D eigenvalue weighted by Crippen LogP contribution is 2.25. The number of halogens is 1. The van der Waals surface area contributed by atoms with Gasteiger partial charge in [0.2, 0.25) is 0 Å².